The van der Waals surface area contributed by atoms with Crippen molar-refractivity contribution in [2.45, 2.75) is 12.8 Å². The summed E-state index contributed by atoms with van der Waals surface area (Å²) < 4.78 is 13.6. The van der Waals surface area contributed by atoms with E-state index in [9.17, 15) is 0 Å². The molecule has 174 valence electrons. The second-order valence-electron chi connectivity index (χ2n) is 8.99. The number of fused-ring (bicyclic) bond motifs is 6. The number of nitrogens with zero attached hydrogens (tertiary/aromatic N) is 4. The number of hydrogen-bond acceptors (Lipinski definition) is 5. The van der Waals surface area contributed by atoms with Gasteiger partial charge in [-0.05, 0) is 47.0 Å². The van der Waals surface area contributed by atoms with Gasteiger partial charge in [-0.25, -0.2) is 14.5 Å². The molecule has 0 saturated carbocycles. The van der Waals surface area contributed by atoms with Gasteiger partial charge in [-0.3, -0.25) is 0 Å². The van der Waals surface area contributed by atoms with E-state index in [-0.39, 0.29) is 5.92 Å². The van der Waals surface area contributed by atoms with Crippen LogP contribution >= 0.6 is 0 Å². The summed E-state index contributed by atoms with van der Waals surface area (Å²) in [5.74, 6) is 2.68. The monoisotopic (exact) mass is 470 g/mol. The zero-order valence-electron chi connectivity index (χ0n) is 19.8. The number of hydrogen-bond donors (Lipinski definition) is 0. The van der Waals surface area contributed by atoms with Crippen LogP contribution in [0.25, 0.3) is 27.8 Å². The molecule has 4 aromatic carbocycles. The summed E-state index contributed by atoms with van der Waals surface area (Å²) >= 11 is 0. The maximum atomic E-state index is 6.41. The van der Waals surface area contributed by atoms with E-state index in [1.165, 1.54) is 0 Å². The third-order valence-corrected chi connectivity index (χ3v) is 6.94. The molecule has 6 nitrogen and oxygen atoms in total. The van der Waals surface area contributed by atoms with E-state index in [4.69, 9.17) is 19.6 Å². The van der Waals surface area contributed by atoms with Gasteiger partial charge in [-0.15, -0.1) is 5.10 Å². The van der Waals surface area contributed by atoms with Crippen LogP contribution in [0.1, 0.15) is 28.2 Å². The largest absolute Gasteiger partial charge is 0.497 e. The van der Waals surface area contributed by atoms with Crippen molar-refractivity contribution in [2.75, 3.05) is 7.11 Å². The molecule has 0 spiro atoms. The molecule has 0 unspecified atom stereocenters. The lowest BCUT2D eigenvalue weighted by Crippen LogP contribution is -2.15. The summed E-state index contributed by atoms with van der Waals surface area (Å²) in [6.07, 6.45) is 1.68. The summed E-state index contributed by atoms with van der Waals surface area (Å²) in [7, 11) is 1.68. The van der Waals surface area contributed by atoms with E-state index in [1.54, 1.807) is 18.0 Å². The van der Waals surface area contributed by atoms with Gasteiger partial charge in [0.25, 0.3) is 0 Å². The Labute approximate surface area is 207 Å². The van der Waals surface area contributed by atoms with E-state index in [0.29, 0.717) is 11.7 Å². The minimum Gasteiger partial charge on any atom is -0.497 e. The Balaban J connectivity index is 1.53. The average molecular weight is 471 g/mol. The van der Waals surface area contributed by atoms with Gasteiger partial charge in [0.15, 0.2) is 11.5 Å². The molecule has 0 radical (unpaired) electrons. The molecular formula is C30H22N4O2. The number of aryl methyl sites for hydroxylation is 1. The molecule has 0 aliphatic carbocycles. The highest BCUT2D eigenvalue weighted by molar-refractivity contribution is 5.91. The third-order valence-electron chi connectivity index (χ3n) is 6.94. The van der Waals surface area contributed by atoms with Gasteiger partial charge in [0.05, 0.1) is 12.7 Å². The molecule has 6 aromatic rings. The van der Waals surface area contributed by atoms with Gasteiger partial charge in [0.2, 0.25) is 5.88 Å². The van der Waals surface area contributed by atoms with Crippen LogP contribution in [0, 0.1) is 6.92 Å². The Bertz CT molecular complexity index is 1770. The van der Waals surface area contributed by atoms with E-state index < -0.39 is 0 Å². The zero-order valence-corrected chi connectivity index (χ0v) is 19.8. The summed E-state index contributed by atoms with van der Waals surface area (Å²) in [5.41, 5.74) is 5.96. The van der Waals surface area contributed by atoms with Gasteiger partial charge >= 0.3 is 0 Å². The molecule has 3 heterocycles. The summed E-state index contributed by atoms with van der Waals surface area (Å²) in [6.45, 7) is 2.07. The molecule has 1 aliphatic heterocycles. The Morgan fingerprint density at radius 2 is 1.67 bits per heavy atom. The second-order valence-corrected chi connectivity index (χ2v) is 8.99. The quantitative estimate of drug-likeness (QED) is 0.293. The Morgan fingerprint density at radius 1 is 0.861 bits per heavy atom. The minimum atomic E-state index is -0.147. The number of aromatic nitrogens is 4. The van der Waals surface area contributed by atoms with Gasteiger partial charge in [-0.2, -0.15) is 0 Å². The Morgan fingerprint density at radius 3 is 2.50 bits per heavy atom. The van der Waals surface area contributed by atoms with Crippen LogP contribution in [-0.4, -0.2) is 26.7 Å². The van der Waals surface area contributed by atoms with Gasteiger partial charge in [-0.1, -0.05) is 66.7 Å². The number of methoxy groups -OCH3 is 1. The highest BCUT2D eigenvalue weighted by atomic mass is 16.5. The zero-order chi connectivity index (χ0) is 24.2. The lowest BCUT2D eigenvalue weighted by molar-refractivity contribution is 0.414. The average Bonchev–Trinajstić information content (AvgIpc) is 3.36. The van der Waals surface area contributed by atoms with Crippen molar-refractivity contribution in [1.82, 2.24) is 19.6 Å². The lowest BCUT2D eigenvalue weighted by Gasteiger charge is -2.29. The van der Waals surface area contributed by atoms with Crippen LogP contribution in [0.5, 0.6) is 17.4 Å². The molecule has 1 aliphatic rings. The summed E-state index contributed by atoms with van der Waals surface area (Å²) in [4.78, 5) is 9.71. The molecule has 0 fully saturated rings. The Hall–Kier alpha value is -4.71. The molecule has 0 N–H and O–H groups in total. The standard InChI is InChI=1S/C30H22N4O2/c1-18-7-3-5-9-22(18)28-32-29-27-25(20-11-14-21(35-2)15-12-20)26-23-10-6-4-8-19(23)13-16-24(26)36-30(27)31-17-34(29)33-28/h3-17,25H,1-2H3/t25-/m0/s1. The van der Waals surface area contributed by atoms with Crippen molar-refractivity contribution in [3.05, 3.63) is 114 Å². The fourth-order valence-corrected chi connectivity index (χ4v) is 5.17. The van der Waals surface area contributed by atoms with Crippen molar-refractivity contribution < 1.29 is 9.47 Å². The fraction of sp³-hybridized carbons (Fsp3) is 0.100. The van der Waals surface area contributed by atoms with E-state index in [0.717, 1.165) is 55.7 Å². The van der Waals surface area contributed by atoms with Crippen LogP contribution in [0.2, 0.25) is 0 Å². The van der Waals surface area contributed by atoms with Crippen molar-refractivity contribution >= 4 is 16.4 Å². The highest BCUT2D eigenvalue weighted by Gasteiger charge is 2.34. The van der Waals surface area contributed by atoms with Gasteiger partial charge in [0.1, 0.15) is 17.8 Å². The van der Waals surface area contributed by atoms with Crippen LogP contribution in [0.15, 0.2) is 91.3 Å². The molecule has 6 heteroatoms. The first-order chi connectivity index (χ1) is 17.7. The van der Waals surface area contributed by atoms with Gasteiger partial charge < -0.3 is 9.47 Å². The molecule has 0 amide bonds. The van der Waals surface area contributed by atoms with Crippen LogP contribution < -0.4 is 9.47 Å². The summed E-state index contributed by atoms with van der Waals surface area (Å²) in [5, 5.41) is 7.09. The number of rotatable bonds is 3. The first kappa shape index (κ1) is 20.6. The lowest BCUT2D eigenvalue weighted by atomic mass is 9.81. The molecule has 36 heavy (non-hydrogen) atoms. The van der Waals surface area contributed by atoms with E-state index >= 15 is 0 Å². The maximum absolute atomic E-state index is 6.41. The van der Waals surface area contributed by atoms with E-state index in [2.05, 4.69) is 60.4 Å². The highest BCUT2D eigenvalue weighted by Crippen LogP contribution is 2.50. The van der Waals surface area contributed by atoms with E-state index in [1.807, 2.05) is 36.4 Å². The number of ether oxygens (including phenoxy) is 2. The minimum absolute atomic E-state index is 0.147. The predicted octanol–water partition coefficient (Wildman–Crippen LogP) is 6.55. The van der Waals surface area contributed by atoms with Crippen LogP contribution in [0.4, 0.5) is 0 Å². The first-order valence-corrected chi connectivity index (χ1v) is 11.9. The molecule has 1 atom stereocenters. The molecule has 2 aromatic heterocycles. The molecular weight excluding hydrogens is 448 g/mol. The molecule has 7 rings (SSSR count). The molecule has 0 saturated heterocycles. The van der Waals surface area contributed by atoms with Crippen molar-refractivity contribution in [3.63, 3.8) is 0 Å². The first-order valence-electron chi connectivity index (χ1n) is 11.9. The second kappa shape index (κ2) is 7.92. The van der Waals surface area contributed by atoms with Crippen molar-refractivity contribution in [1.29, 1.82) is 0 Å². The van der Waals surface area contributed by atoms with Crippen LogP contribution in [0.3, 0.4) is 0 Å². The SMILES string of the molecule is COc1ccc([C@H]2c3c(ccc4ccccc34)Oc3ncn4nc(-c5ccccc5C)nc4c32)cc1. The van der Waals surface area contributed by atoms with Crippen LogP contribution in [-0.2, 0) is 0 Å². The fourth-order valence-electron chi connectivity index (χ4n) is 5.17. The Kier molecular flexibility index (Phi) is 4.54. The van der Waals surface area contributed by atoms with Gasteiger partial charge in [0, 0.05) is 17.0 Å². The predicted molar refractivity (Wildman–Crippen MR) is 139 cm³/mol. The molecule has 0 bridgehead atoms. The normalized spacial score (nSPS) is 14.3. The topological polar surface area (TPSA) is 61.5 Å². The van der Waals surface area contributed by atoms with Crippen molar-refractivity contribution in [2.24, 2.45) is 0 Å². The maximum Gasteiger partial charge on any atom is 0.228 e. The third kappa shape index (κ3) is 3.08. The smallest absolute Gasteiger partial charge is 0.228 e. The number of benzene rings is 4. The summed E-state index contributed by atoms with van der Waals surface area (Å²) in [6, 6.07) is 28.9. The van der Waals surface area contributed by atoms with Crippen molar-refractivity contribution in [3.8, 4) is 28.8 Å².